The molecule has 1 N–H and O–H groups in total. The molecule has 1 aliphatic carbocycles. The highest BCUT2D eigenvalue weighted by Crippen LogP contribution is 2.41. The molecular weight excluding hydrogens is 442 g/mol. The van der Waals surface area contributed by atoms with Gasteiger partial charge in [0, 0.05) is 22.8 Å². The van der Waals surface area contributed by atoms with Gasteiger partial charge in [-0.05, 0) is 56.0 Å². The predicted octanol–water partition coefficient (Wildman–Crippen LogP) is 6.16. The van der Waals surface area contributed by atoms with Gasteiger partial charge in [-0.1, -0.05) is 12.1 Å². The molecule has 0 saturated heterocycles. The van der Waals surface area contributed by atoms with Gasteiger partial charge in [0.1, 0.15) is 16.5 Å². The number of fused-ring (bicyclic) bond motifs is 4. The average Bonchev–Trinajstić information content (AvgIpc) is 3.51. The second-order valence-corrected chi connectivity index (χ2v) is 9.23. The number of aryl methyl sites for hydroxylation is 2. The number of alkyl halides is 2. The van der Waals surface area contributed by atoms with E-state index in [1.165, 1.54) is 10.4 Å². The monoisotopic (exact) mass is 462 g/mol. The van der Waals surface area contributed by atoms with Crippen molar-refractivity contribution in [3.63, 3.8) is 0 Å². The van der Waals surface area contributed by atoms with Gasteiger partial charge in [-0.2, -0.15) is 8.78 Å². The van der Waals surface area contributed by atoms with Gasteiger partial charge in [0.05, 0.1) is 22.5 Å². The van der Waals surface area contributed by atoms with E-state index in [1.807, 2.05) is 19.1 Å². The Morgan fingerprint density at radius 3 is 2.76 bits per heavy atom. The van der Waals surface area contributed by atoms with Crippen molar-refractivity contribution in [1.29, 1.82) is 0 Å². The van der Waals surface area contributed by atoms with E-state index in [1.54, 1.807) is 48.0 Å². The van der Waals surface area contributed by atoms with Crippen LogP contribution in [0.5, 0.6) is 0 Å². The molecule has 4 aromatic heterocycles. The normalized spacial score (nSPS) is 14.3. The Kier molecular flexibility index (Phi) is 4.79. The van der Waals surface area contributed by atoms with Crippen LogP contribution < -0.4 is 5.32 Å². The van der Waals surface area contributed by atoms with Crippen LogP contribution in [0, 0.1) is 0 Å². The van der Waals surface area contributed by atoms with E-state index in [2.05, 4.69) is 15.3 Å². The van der Waals surface area contributed by atoms with Gasteiger partial charge in [0.15, 0.2) is 5.82 Å². The quantitative estimate of drug-likeness (QED) is 0.339. The molecule has 0 amide bonds. The van der Waals surface area contributed by atoms with Crippen LogP contribution in [-0.4, -0.2) is 24.5 Å². The maximum absolute atomic E-state index is 14.0. The average molecular weight is 463 g/mol. The molecule has 1 unspecified atom stereocenters. The molecule has 5 aromatic rings. The summed E-state index contributed by atoms with van der Waals surface area (Å²) < 4.78 is 29.0. The molecule has 1 atom stereocenters. The summed E-state index contributed by atoms with van der Waals surface area (Å²) in [5, 5.41) is 4.39. The summed E-state index contributed by atoms with van der Waals surface area (Å²) in [6.45, 7) is -0.858. The van der Waals surface area contributed by atoms with Crippen molar-refractivity contribution in [2.45, 2.75) is 38.8 Å². The molecule has 1 aromatic carbocycles. The third kappa shape index (κ3) is 3.34. The first-order valence-corrected chi connectivity index (χ1v) is 11.7. The molecule has 0 aliphatic heterocycles. The van der Waals surface area contributed by atoms with Crippen molar-refractivity contribution in [3.05, 3.63) is 65.1 Å². The maximum Gasteiger partial charge on any atom is 0.320 e. The summed E-state index contributed by atoms with van der Waals surface area (Å²) in [6.07, 6.45) is 6.56. The SMILES string of the molecule is CC(Nc1nc(-c2cccnc2)nc2sc3c(c12)CCC3)c1nc2ccccc2n1C(F)F. The summed E-state index contributed by atoms with van der Waals surface area (Å²) in [5.74, 6) is 1.49. The molecular formula is C24H20F2N6S. The van der Waals surface area contributed by atoms with Crippen molar-refractivity contribution in [2.75, 3.05) is 5.32 Å². The Labute approximate surface area is 192 Å². The highest BCUT2D eigenvalue weighted by molar-refractivity contribution is 7.19. The van der Waals surface area contributed by atoms with Gasteiger partial charge >= 0.3 is 6.55 Å². The first kappa shape index (κ1) is 20.2. The largest absolute Gasteiger partial charge is 0.360 e. The molecule has 6 rings (SSSR count). The van der Waals surface area contributed by atoms with Crippen LogP contribution in [0.3, 0.4) is 0 Å². The van der Waals surface area contributed by atoms with Gasteiger partial charge in [0.2, 0.25) is 0 Å². The second kappa shape index (κ2) is 7.84. The van der Waals surface area contributed by atoms with E-state index in [-0.39, 0.29) is 5.82 Å². The number of para-hydroxylation sites is 2. The van der Waals surface area contributed by atoms with Crippen molar-refractivity contribution < 1.29 is 8.78 Å². The van der Waals surface area contributed by atoms with Gasteiger partial charge in [-0.25, -0.2) is 15.0 Å². The number of thiophene rings is 1. The zero-order chi connectivity index (χ0) is 22.5. The van der Waals surface area contributed by atoms with E-state index in [0.717, 1.165) is 39.6 Å². The van der Waals surface area contributed by atoms with Crippen LogP contribution >= 0.6 is 11.3 Å². The fourth-order valence-electron chi connectivity index (χ4n) is 4.57. The molecule has 0 radical (unpaired) electrons. The minimum Gasteiger partial charge on any atom is -0.360 e. The summed E-state index contributed by atoms with van der Waals surface area (Å²) in [4.78, 5) is 20.6. The smallest absolute Gasteiger partial charge is 0.320 e. The summed E-state index contributed by atoms with van der Waals surface area (Å²) in [6, 6.07) is 10.2. The molecule has 0 spiro atoms. The van der Waals surface area contributed by atoms with E-state index in [4.69, 9.17) is 9.97 Å². The number of pyridine rings is 1. The van der Waals surface area contributed by atoms with Crippen LogP contribution in [0.1, 0.15) is 42.2 Å². The van der Waals surface area contributed by atoms with Crippen molar-refractivity contribution >= 4 is 38.4 Å². The van der Waals surface area contributed by atoms with E-state index < -0.39 is 12.6 Å². The lowest BCUT2D eigenvalue weighted by molar-refractivity contribution is 0.0708. The molecule has 4 heterocycles. The number of rotatable bonds is 5. The number of halogens is 2. The third-order valence-corrected chi connectivity index (χ3v) is 7.23. The van der Waals surface area contributed by atoms with E-state index >= 15 is 0 Å². The van der Waals surface area contributed by atoms with Crippen LogP contribution in [0.15, 0.2) is 48.8 Å². The minimum absolute atomic E-state index is 0.271. The highest BCUT2D eigenvalue weighted by atomic mass is 32.1. The molecule has 166 valence electrons. The van der Waals surface area contributed by atoms with Gasteiger partial charge in [-0.15, -0.1) is 11.3 Å². The third-order valence-electron chi connectivity index (χ3n) is 6.04. The standard InChI is InChI=1S/C24H20F2N6S/c1-13(22-29-16-8-2-3-9-17(16)32(22)24(25)26)28-21-19-15-7-4-10-18(15)33-23(19)31-20(30-21)14-6-5-11-27-12-14/h2-3,5-6,8-9,11-13,24H,4,7,10H2,1H3,(H,28,30,31). The minimum atomic E-state index is -2.70. The number of hydrogen-bond acceptors (Lipinski definition) is 6. The van der Waals surface area contributed by atoms with Gasteiger partial charge < -0.3 is 5.32 Å². The first-order valence-electron chi connectivity index (χ1n) is 10.8. The summed E-state index contributed by atoms with van der Waals surface area (Å²) in [7, 11) is 0. The van der Waals surface area contributed by atoms with Gasteiger partial charge in [-0.3, -0.25) is 9.55 Å². The lowest BCUT2D eigenvalue weighted by Crippen LogP contribution is -2.16. The fourth-order valence-corrected chi connectivity index (χ4v) is 5.83. The highest BCUT2D eigenvalue weighted by Gasteiger charge is 2.26. The predicted molar refractivity (Wildman–Crippen MR) is 126 cm³/mol. The Bertz CT molecular complexity index is 1480. The first-order chi connectivity index (χ1) is 16.1. The van der Waals surface area contributed by atoms with Crippen LogP contribution in [-0.2, 0) is 12.8 Å². The maximum atomic E-state index is 14.0. The zero-order valence-corrected chi connectivity index (χ0v) is 18.6. The van der Waals surface area contributed by atoms with Crippen molar-refractivity contribution in [2.24, 2.45) is 0 Å². The fraction of sp³-hybridized carbons (Fsp3) is 0.250. The molecule has 0 bridgehead atoms. The zero-order valence-electron chi connectivity index (χ0n) is 17.8. The van der Waals surface area contributed by atoms with Crippen LogP contribution in [0.2, 0.25) is 0 Å². The topological polar surface area (TPSA) is 68.5 Å². The Morgan fingerprint density at radius 2 is 1.94 bits per heavy atom. The summed E-state index contributed by atoms with van der Waals surface area (Å²) >= 11 is 1.69. The molecule has 33 heavy (non-hydrogen) atoms. The molecule has 9 heteroatoms. The molecule has 0 fully saturated rings. The summed E-state index contributed by atoms with van der Waals surface area (Å²) in [5.41, 5.74) is 3.03. The number of anilines is 1. The number of benzene rings is 1. The second-order valence-electron chi connectivity index (χ2n) is 8.15. The Morgan fingerprint density at radius 1 is 1.06 bits per heavy atom. The van der Waals surface area contributed by atoms with E-state index in [0.29, 0.717) is 22.7 Å². The Balaban J connectivity index is 1.49. The number of nitrogens with zero attached hydrogens (tertiary/aromatic N) is 5. The lowest BCUT2D eigenvalue weighted by atomic mass is 10.1. The number of aromatic nitrogens is 5. The Hall–Kier alpha value is -3.46. The van der Waals surface area contributed by atoms with E-state index in [9.17, 15) is 8.78 Å². The number of nitrogens with one attached hydrogen (secondary N) is 1. The van der Waals surface area contributed by atoms with Crippen molar-refractivity contribution in [1.82, 2.24) is 24.5 Å². The number of imidazole rings is 1. The van der Waals surface area contributed by atoms with Gasteiger partial charge in [0.25, 0.3) is 0 Å². The van der Waals surface area contributed by atoms with Crippen LogP contribution in [0.25, 0.3) is 32.6 Å². The number of hydrogen-bond donors (Lipinski definition) is 1. The van der Waals surface area contributed by atoms with Crippen molar-refractivity contribution in [3.8, 4) is 11.4 Å². The molecule has 0 saturated carbocycles. The lowest BCUT2D eigenvalue weighted by Gasteiger charge is -2.18. The molecule has 1 aliphatic rings. The van der Waals surface area contributed by atoms with Crippen LogP contribution in [0.4, 0.5) is 14.6 Å². The molecule has 6 nitrogen and oxygen atoms in total.